The van der Waals surface area contributed by atoms with Crippen molar-refractivity contribution < 1.29 is 9.13 Å². The van der Waals surface area contributed by atoms with E-state index in [0.29, 0.717) is 27.9 Å². The van der Waals surface area contributed by atoms with E-state index in [2.05, 4.69) is 15.2 Å². The minimum absolute atomic E-state index is 0.311. The van der Waals surface area contributed by atoms with Gasteiger partial charge in [0.2, 0.25) is 0 Å². The molecular weight excluding hydrogens is 401 g/mol. The summed E-state index contributed by atoms with van der Waals surface area (Å²) >= 11 is 1.35. The van der Waals surface area contributed by atoms with Crippen molar-refractivity contribution in [1.82, 2.24) is 19.7 Å². The Balaban J connectivity index is 1.73. The Morgan fingerprint density at radius 2 is 1.83 bits per heavy atom. The van der Waals surface area contributed by atoms with Crippen LogP contribution in [-0.4, -0.2) is 26.9 Å². The third-order valence-electron chi connectivity index (χ3n) is 4.43. The van der Waals surface area contributed by atoms with Crippen molar-refractivity contribution >= 4 is 11.8 Å². The number of ether oxygens (including phenoxy) is 1. The van der Waals surface area contributed by atoms with Crippen LogP contribution in [0.3, 0.4) is 0 Å². The molecule has 2 aromatic heterocycles. The number of nitrogens with zero attached hydrogens (tertiary/aromatic N) is 5. The number of aromatic nitrogens is 4. The first-order valence-corrected chi connectivity index (χ1v) is 9.99. The third kappa shape index (κ3) is 4.02. The number of benzene rings is 2. The van der Waals surface area contributed by atoms with Crippen molar-refractivity contribution in [2.75, 3.05) is 7.11 Å². The zero-order chi connectivity index (χ0) is 20.9. The summed E-state index contributed by atoms with van der Waals surface area (Å²) in [6.45, 7) is 0. The fourth-order valence-electron chi connectivity index (χ4n) is 2.91. The Kier molecular flexibility index (Phi) is 5.72. The number of thioether (sulfide) groups is 1. The summed E-state index contributed by atoms with van der Waals surface area (Å²) in [5, 5.41) is 18.4. The number of rotatable bonds is 6. The van der Waals surface area contributed by atoms with Crippen LogP contribution in [0.4, 0.5) is 4.39 Å². The van der Waals surface area contributed by atoms with Crippen molar-refractivity contribution in [3.8, 4) is 28.9 Å². The lowest BCUT2D eigenvalue weighted by atomic mass is 10.1. The second-order valence-electron chi connectivity index (χ2n) is 6.28. The molecule has 2 heterocycles. The summed E-state index contributed by atoms with van der Waals surface area (Å²) in [6, 6.07) is 17.6. The van der Waals surface area contributed by atoms with E-state index in [1.807, 2.05) is 47.0 Å². The predicted molar refractivity (Wildman–Crippen MR) is 112 cm³/mol. The van der Waals surface area contributed by atoms with Crippen LogP contribution >= 0.6 is 11.8 Å². The van der Waals surface area contributed by atoms with Gasteiger partial charge in [0.25, 0.3) is 0 Å². The van der Waals surface area contributed by atoms with Gasteiger partial charge in [-0.3, -0.25) is 9.55 Å². The highest BCUT2D eigenvalue weighted by Gasteiger charge is 2.17. The third-order valence-corrected chi connectivity index (χ3v) is 5.41. The van der Waals surface area contributed by atoms with E-state index in [4.69, 9.17) is 10.00 Å². The molecule has 0 aliphatic rings. The summed E-state index contributed by atoms with van der Waals surface area (Å²) < 4.78 is 21.4. The molecule has 0 radical (unpaired) electrons. The molecule has 0 fully saturated rings. The quantitative estimate of drug-likeness (QED) is 0.425. The van der Waals surface area contributed by atoms with E-state index in [-0.39, 0.29) is 5.82 Å². The summed E-state index contributed by atoms with van der Waals surface area (Å²) in [7, 11) is 1.61. The molecule has 0 saturated carbocycles. The SMILES string of the molecule is COc1ccc(-n2c(SCc3cc(C#N)ccc3F)nnc2-c2ccncc2)cc1. The van der Waals surface area contributed by atoms with E-state index >= 15 is 0 Å². The Hall–Kier alpha value is -3.70. The van der Waals surface area contributed by atoms with Crippen LogP contribution in [0.1, 0.15) is 11.1 Å². The highest BCUT2D eigenvalue weighted by Crippen LogP contribution is 2.31. The predicted octanol–water partition coefficient (Wildman–Crippen LogP) is 4.64. The topological polar surface area (TPSA) is 76.6 Å². The average molecular weight is 417 g/mol. The monoisotopic (exact) mass is 417 g/mol. The fraction of sp³-hybridized carbons (Fsp3) is 0.0909. The maximum Gasteiger partial charge on any atom is 0.196 e. The Bertz CT molecular complexity index is 1200. The molecule has 0 unspecified atom stereocenters. The minimum atomic E-state index is -0.355. The fourth-order valence-corrected chi connectivity index (χ4v) is 3.84. The molecule has 0 spiro atoms. The lowest BCUT2D eigenvalue weighted by Crippen LogP contribution is -2.00. The molecule has 0 bridgehead atoms. The molecule has 4 aromatic rings. The highest BCUT2D eigenvalue weighted by molar-refractivity contribution is 7.98. The molecule has 0 aliphatic carbocycles. The molecule has 6 nitrogen and oxygen atoms in total. The molecule has 2 aromatic carbocycles. The Labute approximate surface area is 177 Å². The Morgan fingerprint density at radius 3 is 2.53 bits per heavy atom. The van der Waals surface area contributed by atoms with Gasteiger partial charge in [-0.15, -0.1) is 10.2 Å². The standard InChI is InChI=1S/C22H16FN5OS/c1-29-19-5-3-18(4-6-19)28-21(16-8-10-25-11-9-16)26-27-22(28)30-14-17-12-15(13-24)2-7-20(17)23/h2-12H,14H2,1H3. The lowest BCUT2D eigenvalue weighted by Gasteiger charge is -2.11. The van der Waals surface area contributed by atoms with Gasteiger partial charge in [-0.25, -0.2) is 4.39 Å². The maximum atomic E-state index is 14.2. The van der Waals surface area contributed by atoms with Gasteiger partial charge >= 0.3 is 0 Å². The van der Waals surface area contributed by atoms with Crippen LogP contribution in [0.2, 0.25) is 0 Å². The van der Waals surface area contributed by atoms with E-state index in [9.17, 15) is 4.39 Å². The first-order chi connectivity index (χ1) is 14.7. The lowest BCUT2D eigenvalue weighted by molar-refractivity contribution is 0.414. The molecule has 0 aliphatic heterocycles. The Morgan fingerprint density at radius 1 is 1.07 bits per heavy atom. The number of hydrogen-bond acceptors (Lipinski definition) is 6. The van der Waals surface area contributed by atoms with Crippen LogP contribution in [0, 0.1) is 17.1 Å². The largest absolute Gasteiger partial charge is 0.497 e. The molecule has 4 rings (SSSR count). The molecule has 8 heteroatoms. The summed E-state index contributed by atoms with van der Waals surface area (Å²) in [4.78, 5) is 4.06. The van der Waals surface area contributed by atoms with Crippen LogP contribution in [-0.2, 0) is 5.75 Å². The molecule has 30 heavy (non-hydrogen) atoms. The summed E-state index contributed by atoms with van der Waals surface area (Å²) in [6.07, 6.45) is 3.38. The number of hydrogen-bond donors (Lipinski definition) is 0. The molecule has 0 N–H and O–H groups in total. The zero-order valence-corrected chi connectivity index (χ0v) is 16.8. The van der Waals surface area contributed by atoms with E-state index < -0.39 is 0 Å². The second kappa shape index (κ2) is 8.76. The maximum absolute atomic E-state index is 14.2. The minimum Gasteiger partial charge on any atom is -0.497 e. The zero-order valence-electron chi connectivity index (χ0n) is 16.0. The number of nitriles is 1. The van der Waals surface area contributed by atoms with E-state index in [0.717, 1.165) is 17.0 Å². The molecule has 0 atom stereocenters. The molecule has 0 saturated heterocycles. The van der Waals surface area contributed by atoms with Crippen molar-refractivity contribution in [3.05, 3.63) is 83.9 Å². The van der Waals surface area contributed by atoms with Gasteiger partial charge < -0.3 is 4.74 Å². The molecule has 148 valence electrons. The second-order valence-corrected chi connectivity index (χ2v) is 7.22. The number of methoxy groups -OCH3 is 1. The highest BCUT2D eigenvalue weighted by atomic mass is 32.2. The van der Waals surface area contributed by atoms with Crippen LogP contribution < -0.4 is 4.74 Å². The number of pyridine rings is 1. The smallest absolute Gasteiger partial charge is 0.196 e. The first-order valence-electron chi connectivity index (χ1n) is 9.01. The van der Waals surface area contributed by atoms with Gasteiger partial charge in [-0.1, -0.05) is 11.8 Å². The molecular formula is C22H16FN5OS. The normalized spacial score (nSPS) is 10.6. The van der Waals surface area contributed by atoms with Crippen molar-refractivity contribution in [1.29, 1.82) is 5.26 Å². The van der Waals surface area contributed by atoms with Gasteiger partial charge in [0.15, 0.2) is 11.0 Å². The van der Waals surface area contributed by atoms with E-state index in [1.165, 1.54) is 23.9 Å². The van der Waals surface area contributed by atoms with E-state index in [1.54, 1.807) is 25.6 Å². The van der Waals surface area contributed by atoms with Gasteiger partial charge in [-0.2, -0.15) is 5.26 Å². The van der Waals surface area contributed by atoms with Crippen LogP contribution in [0.25, 0.3) is 17.1 Å². The summed E-state index contributed by atoms with van der Waals surface area (Å²) in [5.74, 6) is 1.34. The van der Waals surface area contributed by atoms with Gasteiger partial charge in [0.1, 0.15) is 11.6 Å². The van der Waals surface area contributed by atoms with Crippen molar-refractivity contribution in [2.45, 2.75) is 10.9 Å². The van der Waals surface area contributed by atoms with Crippen molar-refractivity contribution in [3.63, 3.8) is 0 Å². The van der Waals surface area contributed by atoms with Gasteiger partial charge in [0.05, 0.1) is 18.7 Å². The van der Waals surface area contributed by atoms with Gasteiger partial charge in [0, 0.05) is 29.4 Å². The number of halogens is 1. The summed E-state index contributed by atoms with van der Waals surface area (Å²) in [5.41, 5.74) is 2.56. The first kappa shape index (κ1) is 19.6. The van der Waals surface area contributed by atoms with Gasteiger partial charge in [-0.05, 0) is 60.2 Å². The molecule has 0 amide bonds. The van der Waals surface area contributed by atoms with Crippen LogP contribution in [0.5, 0.6) is 5.75 Å². The average Bonchev–Trinajstić information content (AvgIpc) is 3.23. The van der Waals surface area contributed by atoms with Crippen LogP contribution in [0.15, 0.2) is 72.1 Å². The van der Waals surface area contributed by atoms with Crippen molar-refractivity contribution in [2.24, 2.45) is 0 Å².